The molecular weight excluding hydrogens is 200 g/mol. The molecule has 0 aliphatic heterocycles. The number of allylic oxidation sites excluding steroid dienone is 1. The largest absolute Gasteiger partial charge is 0.297 e. The molecule has 0 rings (SSSR count). The highest BCUT2D eigenvalue weighted by Crippen LogP contribution is 2.15. The van der Waals surface area contributed by atoms with Crippen LogP contribution >= 0.6 is 23.5 Å². The Balaban J connectivity index is 3.58. The summed E-state index contributed by atoms with van der Waals surface area (Å²) in [5.41, 5.74) is 0. The third-order valence-electron chi connectivity index (χ3n) is 1.34. The van der Waals surface area contributed by atoms with Gasteiger partial charge in [0.25, 0.3) is 0 Å². The first kappa shape index (κ1) is 13.1. The van der Waals surface area contributed by atoms with Crippen LogP contribution in [0.3, 0.4) is 0 Å². The first-order valence-corrected chi connectivity index (χ1v) is 6.85. The molecule has 0 saturated carbocycles. The minimum Gasteiger partial charge on any atom is -0.297 e. The molecule has 0 amide bonds. The fraction of sp³-hybridized carbons (Fsp3) is 0.700. The summed E-state index contributed by atoms with van der Waals surface area (Å²) >= 11 is 3.54. The van der Waals surface area contributed by atoms with Gasteiger partial charge >= 0.3 is 0 Å². The van der Waals surface area contributed by atoms with Crippen LogP contribution in [0.1, 0.15) is 26.7 Å². The third kappa shape index (κ3) is 8.44. The first-order chi connectivity index (χ1) is 6.35. The predicted octanol–water partition coefficient (Wildman–Crippen LogP) is 3.36. The monoisotopic (exact) mass is 218 g/mol. The van der Waals surface area contributed by atoms with E-state index in [0.29, 0.717) is 0 Å². The van der Waals surface area contributed by atoms with E-state index in [1.165, 1.54) is 12.2 Å². The van der Waals surface area contributed by atoms with Gasteiger partial charge in [0.2, 0.25) is 0 Å². The standard InChI is InChI=1S/C10H18OS2/c1-3-6-12-8-5-10(9-11)13-7-4-2/h5,9H,3-4,6-8H2,1-2H3/b10-5+. The van der Waals surface area contributed by atoms with Crippen molar-refractivity contribution in [2.24, 2.45) is 0 Å². The molecule has 0 aromatic carbocycles. The smallest absolute Gasteiger partial charge is 0.156 e. The normalized spacial score (nSPS) is 11.7. The summed E-state index contributed by atoms with van der Waals surface area (Å²) in [6.07, 6.45) is 5.33. The molecule has 0 heterocycles. The van der Waals surface area contributed by atoms with Crippen LogP contribution in [-0.2, 0) is 4.79 Å². The van der Waals surface area contributed by atoms with Gasteiger partial charge in [0.15, 0.2) is 6.29 Å². The van der Waals surface area contributed by atoms with Gasteiger partial charge in [-0.1, -0.05) is 19.9 Å². The second-order valence-electron chi connectivity index (χ2n) is 2.65. The number of thioether (sulfide) groups is 2. The lowest BCUT2D eigenvalue weighted by Crippen LogP contribution is -1.84. The fourth-order valence-electron chi connectivity index (χ4n) is 0.730. The van der Waals surface area contributed by atoms with Crippen molar-refractivity contribution in [2.75, 3.05) is 17.3 Å². The van der Waals surface area contributed by atoms with Crippen molar-refractivity contribution in [1.29, 1.82) is 0 Å². The molecule has 0 saturated heterocycles. The lowest BCUT2D eigenvalue weighted by atomic mass is 10.5. The Morgan fingerprint density at radius 2 is 1.92 bits per heavy atom. The fourth-order valence-corrected chi connectivity index (χ4v) is 2.30. The van der Waals surface area contributed by atoms with Crippen molar-refractivity contribution in [1.82, 2.24) is 0 Å². The SMILES string of the molecule is CCCSC/C=C(\C=O)SCCC. The van der Waals surface area contributed by atoms with E-state index in [-0.39, 0.29) is 0 Å². The minimum atomic E-state index is 0.894. The van der Waals surface area contributed by atoms with E-state index in [1.807, 2.05) is 17.8 Å². The maximum absolute atomic E-state index is 10.6. The lowest BCUT2D eigenvalue weighted by molar-refractivity contribution is -0.104. The highest BCUT2D eigenvalue weighted by Gasteiger charge is 1.94. The van der Waals surface area contributed by atoms with Crippen molar-refractivity contribution >= 4 is 29.8 Å². The average molecular weight is 218 g/mol. The van der Waals surface area contributed by atoms with E-state index in [2.05, 4.69) is 13.8 Å². The predicted molar refractivity (Wildman–Crippen MR) is 64.5 cm³/mol. The van der Waals surface area contributed by atoms with Gasteiger partial charge in [0.1, 0.15) is 0 Å². The van der Waals surface area contributed by atoms with Crippen LogP contribution in [0.2, 0.25) is 0 Å². The van der Waals surface area contributed by atoms with Gasteiger partial charge < -0.3 is 0 Å². The molecule has 13 heavy (non-hydrogen) atoms. The summed E-state index contributed by atoms with van der Waals surface area (Å²) in [5, 5.41) is 0. The van der Waals surface area contributed by atoms with Crippen LogP contribution in [0, 0.1) is 0 Å². The van der Waals surface area contributed by atoms with Crippen LogP contribution in [0.4, 0.5) is 0 Å². The van der Waals surface area contributed by atoms with Gasteiger partial charge in [-0.2, -0.15) is 11.8 Å². The van der Waals surface area contributed by atoms with Gasteiger partial charge in [-0.3, -0.25) is 4.79 Å². The Hall–Kier alpha value is 0.110. The second kappa shape index (κ2) is 10.2. The Labute approximate surface area is 89.7 Å². The Morgan fingerprint density at radius 1 is 1.23 bits per heavy atom. The Morgan fingerprint density at radius 3 is 2.46 bits per heavy atom. The molecule has 76 valence electrons. The molecule has 0 unspecified atom stereocenters. The van der Waals surface area contributed by atoms with E-state index < -0.39 is 0 Å². The van der Waals surface area contributed by atoms with Crippen LogP contribution in [-0.4, -0.2) is 23.5 Å². The molecule has 0 aromatic rings. The molecule has 0 atom stereocenters. The van der Waals surface area contributed by atoms with E-state index in [0.717, 1.165) is 29.1 Å². The Kier molecular flexibility index (Phi) is 10.3. The maximum atomic E-state index is 10.6. The number of aldehydes is 1. The highest BCUT2D eigenvalue weighted by molar-refractivity contribution is 8.04. The summed E-state index contributed by atoms with van der Waals surface area (Å²) in [5.74, 6) is 3.20. The number of carbonyl (C=O) groups excluding carboxylic acids is 1. The third-order valence-corrected chi connectivity index (χ3v) is 3.65. The Bertz CT molecular complexity index is 155. The van der Waals surface area contributed by atoms with E-state index in [1.54, 1.807) is 11.8 Å². The van der Waals surface area contributed by atoms with Gasteiger partial charge in [0.05, 0.1) is 0 Å². The molecule has 0 aliphatic rings. The van der Waals surface area contributed by atoms with Crippen molar-refractivity contribution in [3.63, 3.8) is 0 Å². The van der Waals surface area contributed by atoms with Crippen LogP contribution in [0.15, 0.2) is 11.0 Å². The van der Waals surface area contributed by atoms with Crippen LogP contribution in [0.25, 0.3) is 0 Å². The molecular formula is C10H18OS2. The minimum absolute atomic E-state index is 0.894. The second-order valence-corrected chi connectivity index (χ2v) is 4.97. The number of hydrogen-bond acceptors (Lipinski definition) is 3. The van der Waals surface area contributed by atoms with Crippen molar-refractivity contribution in [3.8, 4) is 0 Å². The molecule has 0 radical (unpaired) electrons. The lowest BCUT2D eigenvalue weighted by Gasteiger charge is -1.98. The number of carbonyl (C=O) groups is 1. The zero-order valence-corrected chi connectivity index (χ0v) is 10.0. The summed E-state index contributed by atoms with van der Waals surface area (Å²) in [4.78, 5) is 11.5. The van der Waals surface area contributed by atoms with E-state index in [9.17, 15) is 4.79 Å². The van der Waals surface area contributed by atoms with Gasteiger partial charge in [-0.25, -0.2) is 0 Å². The molecule has 0 fully saturated rings. The number of hydrogen-bond donors (Lipinski definition) is 0. The average Bonchev–Trinajstić information content (AvgIpc) is 2.17. The molecule has 0 spiro atoms. The topological polar surface area (TPSA) is 17.1 Å². The summed E-state index contributed by atoms with van der Waals surface area (Å²) in [7, 11) is 0. The van der Waals surface area contributed by atoms with Crippen molar-refractivity contribution < 1.29 is 4.79 Å². The van der Waals surface area contributed by atoms with Crippen molar-refractivity contribution in [3.05, 3.63) is 11.0 Å². The zero-order valence-electron chi connectivity index (χ0n) is 8.41. The first-order valence-electron chi connectivity index (χ1n) is 4.71. The van der Waals surface area contributed by atoms with E-state index >= 15 is 0 Å². The molecule has 0 aliphatic carbocycles. The summed E-state index contributed by atoms with van der Waals surface area (Å²) < 4.78 is 0. The maximum Gasteiger partial charge on any atom is 0.156 e. The van der Waals surface area contributed by atoms with Gasteiger partial charge in [-0.15, -0.1) is 11.8 Å². The van der Waals surface area contributed by atoms with Crippen LogP contribution in [0.5, 0.6) is 0 Å². The quantitative estimate of drug-likeness (QED) is 0.353. The molecule has 3 heteroatoms. The molecule has 0 bridgehead atoms. The van der Waals surface area contributed by atoms with Crippen molar-refractivity contribution in [2.45, 2.75) is 26.7 Å². The van der Waals surface area contributed by atoms with Gasteiger partial charge in [-0.05, 0) is 24.3 Å². The molecule has 1 nitrogen and oxygen atoms in total. The van der Waals surface area contributed by atoms with E-state index in [4.69, 9.17) is 0 Å². The summed E-state index contributed by atoms with van der Waals surface area (Å²) in [6.45, 7) is 4.30. The summed E-state index contributed by atoms with van der Waals surface area (Å²) in [6, 6.07) is 0. The zero-order chi connectivity index (χ0) is 9.94. The van der Waals surface area contributed by atoms with Gasteiger partial charge in [0, 0.05) is 10.7 Å². The number of rotatable bonds is 8. The molecule has 0 N–H and O–H groups in total. The van der Waals surface area contributed by atoms with Crippen LogP contribution < -0.4 is 0 Å². The molecule has 0 aromatic heterocycles. The highest BCUT2D eigenvalue weighted by atomic mass is 32.2.